The van der Waals surface area contributed by atoms with E-state index < -0.39 is 0 Å². The average Bonchev–Trinajstić information content (AvgIpc) is 2.78. The number of nitrogens with one attached hydrogen (secondary N) is 2. The van der Waals surface area contributed by atoms with Gasteiger partial charge < -0.3 is 10.2 Å². The van der Waals surface area contributed by atoms with Gasteiger partial charge in [-0.1, -0.05) is 11.3 Å². The van der Waals surface area contributed by atoms with Gasteiger partial charge in [0.05, 0.1) is 5.69 Å². The van der Waals surface area contributed by atoms with Crippen molar-refractivity contribution in [2.24, 2.45) is 0 Å². The minimum atomic E-state index is -0.0974. The predicted octanol–water partition coefficient (Wildman–Crippen LogP) is 1.35. The molecule has 0 bridgehead atoms. The van der Waals surface area contributed by atoms with E-state index in [1.54, 1.807) is 17.4 Å². The Balaban J connectivity index is 1.64. The first kappa shape index (κ1) is 14.0. The number of aryl methyl sites for hydroxylation is 1. The van der Waals surface area contributed by atoms with Gasteiger partial charge in [0.15, 0.2) is 0 Å². The van der Waals surface area contributed by atoms with Crippen LogP contribution in [0.4, 0.5) is 11.1 Å². The van der Waals surface area contributed by atoms with Crippen LogP contribution in [-0.2, 0) is 0 Å². The van der Waals surface area contributed by atoms with Crippen LogP contribution in [0, 0.1) is 6.92 Å². The molecule has 3 rings (SSSR count). The zero-order valence-electron chi connectivity index (χ0n) is 12.3. The smallest absolute Gasteiger partial charge is 0.252 e. The molecule has 0 aliphatic heterocycles. The summed E-state index contributed by atoms with van der Waals surface area (Å²) in [6, 6.07) is 1.98. The van der Waals surface area contributed by atoms with E-state index in [1.165, 1.54) is 0 Å². The molecular weight excluding hydrogens is 288 g/mol. The maximum absolute atomic E-state index is 11.7. The average molecular weight is 306 g/mol. The van der Waals surface area contributed by atoms with Crippen molar-refractivity contribution >= 4 is 22.4 Å². The molecule has 0 unspecified atom stereocenters. The zero-order chi connectivity index (χ0) is 15.0. The molecule has 1 saturated carbocycles. The summed E-state index contributed by atoms with van der Waals surface area (Å²) in [7, 11) is 3.73. The molecule has 21 heavy (non-hydrogen) atoms. The molecule has 2 heterocycles. The molecule has 2 aromatic rings. The number of aromatic nitrogens is 4. The predicted molar refractivity (Wildman–Crippen MR) is 83.2 cm³/mol. The molecule has 1 aliphatic rings. The standard InChI is InChI=1S/C13H18N6OS/c1-7-17-18-13(21-7)14-9-4-8(5-9)10-6-11(20)16-12(15-10)19(2)3/h6,8-9H,4-5H2,1-3H3,(H,14,18)(H,15,16,20). The molecule has 0 aromatic carbocycles. The molecule has 2 N–H and O–H groups in total. The molecule has 7 nitrogen and oxygen atoms in total. The Kier molecular flexibility index (Phi) is 3.62. The fourth-order valence-electron chi connectivity index (χ4n) is 2.39. The van der Waals surface area contributed by atoms with E-state index in [9.17, 15) is 4.79 Å². The van der Waals surface area contributed by atoms with Gasteiger partial charge in [0, 0.05) is 32.1 Å². The van der Waals surface area contributed by atoms with Crippen molar-refractivity contribution in [2.45, 2.75) is 31.7 Å². The van der Waals surface area contributed by atoms with Gasteiger partial charge in [-0.05, 0) is 19.8 Å². The zero-order valence-corrected chi connectivity index (χ0v) is 13.1. The summed E-state index contributed by atoms with van der Waals surface area (Å²) < 4.78 is 0. The van der Waals surface area contributed by atoms with E-state index in [2.05, 4.69) is 25.5 Å². The molecule has 0 spiro atoms. The Morgan fingerprint density at radius 3 is 2.76 bits per heavy atom. The summed E-state index contributed by atoms with van der Waals surface area (Å²) in [5.74, 6) is 0.936. The number of hydrogen-bond donors (Lipinski definition) is 2. The number of anilines is 2. The summed E-state index contributed by atoms with van der Waals surface area (Å²) in [6.45, 7) is 1.94. The first-order chi connectivity index (χ1) is 10.0. The first-order valence-electron chi connectivity index (χ1n) is 6.86. The van der Waals surface area contributed by atoms with Crippen LogP contribution >= 0.6 is 11.3 Å². The molecular formula is C13H18N6OS. The van der Waals surface area contributed by atoms with E-state index >= 15 is 0 Å². The van der Waals surface area contributed by atoms with Crippen LogP contribution in [0.5, 0.6) is 0 Å². The third-order valence-electron chi connectivity index (χ3n) is 3.58. The van der Waals surface area contributed by atoms with E-state index in [0.29, 0.717) is 17.9 Å². The van der Waals surface area contributed by atoms with Gasteiger partial charge in [-0.2, -0.15) is 0 Å². The van der Waals surface area contributed by atoms with Crippen LogP contribution in [0.1, 0.15) is 29.5 Å². The largest absolute Gasteiger partial charge is 0.357 e. The van der Waals surface area contributed by atoms with Crippen LogP contribution in [0.2, 0.25) is 0 Å². The van der Waals surface area contributed by atoms with Crippen LogP contribution in [0.15, 0.2) is 10.9 Å². The third kappa shape index (κ3) is 3.05. The van der Waals surface area contributed by atoms with Crippen molar-refractivity contribution in [2.75, 3.05) is 24.3 Å². The third-order valence-corrected chi connectivity index (χ3v) is 4.35. The number of nitrogens with zero attached hydrogens (tertiary/aromatic N) is 4. The van der Waals surface area contributed by atoms with Gasteiger partial charge in [0.1, 0.15) is 5.01 Å². The summed E-state index contributed by atoms with van der Waals surface area (Å²) in [5, 5.41) is 13.3. The van der Waals surface area contributed by atoms with E-state index in [1.807, 2.05) is 25.9 Å². The SMILES string of the molecule is Cc1nnc(NC2CC(c3cc(=O)[nH]c(N(C)C)n3)C2)s1. The summed E-state index contributed by atoms with van der Waals surface area (Å²) in [5.41, 5.74) is 0.772. The second-order valence-corrected chi connectivity index (χ2v) is 6.71. The number of aromatic amines is 1. The Bertz CT molecular complexity index is 688. The molecule has 0 saturated heterocycles. The van der Waals surface area contributed by atoms with Crippen LogP contribution in [0.3, 0.4) is 0 Å². The van der Waals surface area contributed by atoms with E-state index in [0.717, 1.165) is 28.7 Å². The Morgan fingerprint density at radius 1 is 1.38 bits per heavy atom. The van der Waals surface area contributed by atoms with Gasteiger partial charge in [-0.3, -0.25) is 9.78 Å². The minimum absolute atomic E-state index is 0.0974. The summed E-state index contributed by atoms with van der Waals surface area (Å²) in [6.07, 6.45) is 1.92. The highest BCUT2D eigenvalue weighted by molar-refractivity contribution is 7.15. The van der Waals surface area contributed by atoms with Gasteiger partial charge in [0.25, 0.3) is 5.56 Å². The van der Waals surface area contributed by atoms with Crippen molar-refractivity contribution in [3.8, 4) is 0 Å². The monoisotopic (exact) mass is 306 g/mol. The molecule has 1 fully saturated rings. The fraction of sp³-hybridized carbons (Fsp3) is 0.538. The van der Waals surface area contributed by atoms with Crippen LogP contribution < -0.4 is 15.8 Å². The van der Waals surface area contributed by atoms with Crippen LogP contribution in [-0.4, -0.2) is 40.3 Å². The molecule has 2 aromatic heterocycles. The lowest BCUT2D eigenvalue weighted by Gasteiger charge is -2.35. The minimum Gasteiger partial charge on any atom is -0.357 e. The Labute approximate surface area is 126 Å². The summed E-state index contributed by atoms with van der Waals surface area (Å²) >= 11 is 1.56. The van der Waals surface area contributed by atoms with E-state index in [4.69, 9.17) is 0 Å². The molecule has 0 amide bonds. The van der Waals surface area contributed by atoms with Gasteiger partial charge in [0.2, 0.25) is 11.1 Å². The molecule has 112 valence electrons. The second-order valence-electron chi connectivity index (χ2n) is 5.52. The maximum Gasteiger partial charge on any atom is 0.252 e. The lowest BCUT2D eigenvalue weighted by molar-refractivity contribution is 0.366. The fourth-order valence-corrected chi connectivity index (χ4v) is 3.06. The lowest BCUT2D eigenvalue weighted by atomic mass is 9.78. The Morgan fingerprint density at radius 2 is 2.14 bits per heavy atom. The first-order valence-corrected chi connectivity index (χ1v) is 7.68. The maximum atomic E-state index is 11.7. The topological polar surface area (TPSA) is 86.8 Å². The molecule has 8 heteroatoms. The van der Waals surface area contributed by atoms with Gasteiger partial charge >= 0.3 is 0 Å². The van der Waals surface area contributed by atoms with Crippen molar-refractivity contribution in [1.82, 2.24) is 20.2 Å². The normalized spacial score (nSPS) is 20.9. The molecule has 0 radical (unpaired) electrons. The number of H-pyrrole nitrogens is 1. The molecule has 1 aliphatic carbocycles. The summed E-state index contributed by atoms with van der Waals surface area (Å²) in [4.78, 5) is 20.7. The second kappa shape index (κ2) is 5.44. The molecule has 0 atom stereocenters. The highest BCUT2D eigenvalue weighted by atomic mass is 32.1. The van der Waals surface area contributed by atoms with Crippen molar-refractivity contribution in [1.29, 1.82) is 0 Å². The highest BCUT2D eigenvalue weighted by Crippen LogP contribution is 2.37. The lowest BCUT2D eigenvalue weighted by Crippen LogP contribution is -2.35. The quantitative estimate of drug-likeness (QED) is 0.887. The number of hydrogen-bond acceptors (Lipinski definition) is 7. The van der Waals surface area contributed by atoms with Crippen molar-refractivity contribution in [3.05, 3.63) is 27.1 Å². The van der Waals surface area contributed by atoms with Crippen LogP contribution in [0.25, 0.3) is 0 Å². The van der Waals surface area contributed by atoms with E-state index in [-0.39, 0.29) is 5.56 Å². The van der Waals surface area contributed by atoms with Gasteiger partial charge in [-0.25, -0.2) is 4.98 Å². The number of rotatable bonds is 4. The van der Waals surface area contributed by atoms with Crippen molar-refractivity contribution < 1.29 is 0 Å². The van der Waals surface area contributed by atoms with Crippen molar-refractivity contribution in [3.63, 3.8) is 0 Å². The van der Waals surface area contributed by atoms with Gasteiger partial charge in [-0.15, -0.1) is 10.2 Å². The Hall–Kier alpha value is -1.96. The highest BCUT2D eigenvalue weighted by Gasteiger charge is 2.32.